The fourth-order valence-electron chi connectivity index (χ4n) is 8.19. The molecule has 0 saturated heterocycles. The van der Waals surface area contributed by atoms with E-state index in [0.29, 0.717) is 17.5 Å². The fourth-order valence-corrected chi connectivity index (χ4v) is 8.19. The second-order valence-electron chi connectivity index (χ2n) is 14.1. The van der Waals surface area contributed by atoms with E-state index < -0.39 is 0 Å². The van der Waals surface area contributed by atoms with E-state index in [1.807, 2.05) is 36.4 Å². The van der Waals surface area contributed by atoms with Gasteiger partial charge in [0.2, 0.25) is 0 Å². The van der Waals surface area contributed by atoms with Gasteiger partial charge in [0.25, 0.3) is 0 Å². The highest BCUT2D eigenvalue weighted by Gasteiger charge is 2.38. The van der Waals surface area contributed by atoms with Crippen LogP contribution in [0.5, 0.6) is 0 Å². The van der Waals surface area contributed by atoms with Crippen molar-refractivity contribution in [3.05, 3.63) is 181 Å². The standard InChI is InChI=1S/C48H34N4/c1-48(2)40-22-11-9-20-37(40)38-28-29-42-43(44(38)48)39-21-10-12-23-41(39)52(42)36-19-13-18-35(30-36)47-50-45(33-16-7-4-8-17-33)49-46(51-47)34-26-24-32(25-27-34)31-14-5-3-6-15-31/h3-30H,1-2H3. The van der Waals surface area contributed by atoms with Crippen LogP contribution in [0, 0.1) is 0 Å². The van der Waals surface area contributed by atoms with E-state index in [0.717, 1.165) is 27.9 Å². The largest absolute Gasteiger partial charge is 0.309 e. The van der Waals surface area contributed by atoms with Crippen LogP contribution in [0.15, 0.2) is 170 Å². The summed E-state index contributed by atoms with van der Waals surface area (Å²) < 4.78 is 2.40. The Balaban J connectivity index is 1.14. The molecule has 0 spiro atoms. The normalized spacial score (nSPS) is 13.0. The predicted octanol–water partition coefficient (Wildman–Crippen LogP) is 11.9. The molecule has 10 rings (SSSR count). The van der Waals surface area contributed by atoms with Gasteiger partial charge in [0.15, 0.2) is 17.5 Å². The molecule has 0 saturated carbocycles. The third-order valence-corrected chi connectivity index (χ3v) is 10.6. The first-order chi connectivity index (χ1) is 25.5. The molecule has 246 valence electrons. The minimum Gasteiger partial charge on any atom is -0.309 e. The molecular weight excluding hydrogens is 633 g/mol. The summed E-state index contributed by atoms with van der Waals surface area (Å²) in [6.07, 6.45) is 0. The van der Waals surface area contributed by atoms with E-state index in [-0.39, 0.29) is 5.41 Å². The number of rotatable bonds is 5. The Labute approximate surface area is 302 Å². The van der Waals surface area contributed by atoms with Crippen LogP contribution in [0.4, 0.5) is 0 Å². The topological polar surface area (TPSA) is 43.6 Å². The molecule has 0 bridgehead atoms. The number of benzene rings is 7. The Morgan fingerprint density at radius 1 is 0.423 bits per heavy atom. The Hall–Kier alpha value is -6.65. The van der Waals surface area contributed by atoms with Crippen molar-refractivity contribution in [1.82, 2.24) is 19.5 Å². The van der Waals surface area contributed by atoms with Crippen molar-refractivity contribution < 1.29 is 0 Å². The summed E-state index contributed by atoms with van der Waals surface area (Å²) in [6, 6.07) is 59.9. The van der Waals surface area contributed by atoms with Crippen LogP contribution in [-0.2, 0) is 5.41 Å². The first kappa shape index (κ1) is 30.2. The highest BCUT2D eigenvalue weighted by Crippen LogP contribution is 2.53. The quantitative estimate of drug-likeness (QED) is 0.184. The number of fused-ring (bicyclic) bond motifs is 7. The van der Waals surface area contributed by atoms with Crippen LogP contribution in [-0.4, -0.2) is 19.5 Å². The molecule has 0 N–H and O–H groups in total. The minimum absolute atomic E-state index is 0.128. The van der Waals surface area contributed by atoms with Gasteiger partial charge in [-0.15, -0.1) is 0 Å². The van der Waals surface area contributed by atoms with E-state index in [4.69, 9.17) is 15.0 Å². The van der Waals surface area contributed by atoms with Gasteiger partial charge in [-0.25, -0.2) is 15.0 Å². The lowest BCUT2D eigenvalue weighted by Crippen LogP contribution is -2.15. The van der Waals surface area contributed by atoms with Crippen molar-refractivity contribution in [2.24, 2.45) is 0 Å². The van der Waals surface area contributed by atoms with Gasteiger partial charge >= 0.3 is 0 Å². The second kappa shape index (κ2) is 11.7. The number of nitrogens with zero attached hydrogens (tertiary/aromatic N) is 4. The molecule has 0 radical (unpaired) electrons. The number of aromatic nitrogens is 4. The average molecular weight is 667 g/mol. The second-order valence-corrected chi connectivity index (χ2v) is 14.1. The molecule has 2 heterocycles. The molecule has 1 aliphatic rings. The summed E-state index contributed by atoms with van der Waals surface area (Å²) in [5.74, 6) is 1.92. The van der Waals surface area contributed by atoms with Crippen LogP contribution >= 0.6 is 0 Å². The van der Waals surface area contributed by atoms with Crippen molar-refractivity contribution in [2.75, 3.05) is 0 Å². The SMILES string of the molecule is CC1(C)c2ccccc2-c2ccc3c(c21)c1ccccc1n3-c1cccc(-c2nc(-c3ccccc3)nc(-c3ccc(-c4ccccc4)cc3)n2)c1. The van der Waals surface area contributed by atoms with Gasteiger partial charge < -0.3 is 4.57 Å². The van der Waals surface area contributed by atoms with Crippen LogP contribution < -0.4 is 0 Å². The Kier molecular flexibility index (Phi) is 6.80. The Morgan fingerprint density at radius 3 is 1.73 bits per heavy atom. The van der Waals surface area contributed by atoms with Gasteiger partial charge in [-0.05, 0) is 57.6 Å². The van der Waals surface area contributed by atoms with E-state index in [9.17, 15) is 0 Å². The molecule has 1 aliphatic carbocycles. The van der Waals surface area contributed by atoms with Gasteiger partial charge in [0, 0.05) is 38.6 Å². The third-order valence-electron chi connectivity index (χ3n) is 10.6. The van der Waals surface area contributed by atoms with E-state index in [1.54, 1.807) is 0 Å². The summed E-state index contributed by atoms with van der Waals surface area (Å²) in [6.45, 7) is 4.73. The highest BCUT2D eigenvalue weighted by molar-refractivity contribution is 6.14. The lowest BCUT2D eigenvalue weighted by Gasteiger charge is -2.22. The monoisotopic (exact) mass is 666 g/mol. The maximum atomic E-state index is 5.11. The summed E-state index contributed by atoms with van der Waals surface area (Å²) in [5, 5.41) is 2.57. The third kappa shape index (κ3) is 4.72. The number of hydrogen-bond acceptors (Lipinski definition) is 3. The van der Waals surface area contributed by atoms with Crippen LogP contribution in [0.2, 0.25) is 0 Å². The maximum absolute atomic E-state index is 5.11. The summed E-state index contributed by atoms with van der Waals surface area (Å²) in [7, 11) is 0. The lowest BCUT2D eigenvalue weighted by molar-refractivity contribution is 0.666. The van der Waals surface area contributed by atoms with Crippen LogP contribution in [0.3, 0.4) is 0 Å². The predicted molar refractivity (Wildman–Crippen MR) is 213 cm³/mol. The summed E-state index contributed by atoms with van der Waals surface area (Å²) >= 11 is 0. The molecule has 4 nitrogen and oxygen atoms in total. The number of hydrogen-bond donors (Lipinski definition) is 0. The van der Waals surface area contributed by atoms with Crippen molar-refractivity contribution in [3.63, 3.8) is 0 Å². The molecule has 0 atom stereocenters. The van der Waals surface area contributed by atoms with Crippen molar-refractivity contribution >= 4 is 21.8 Å². The molecule has 2 aromatic heterocycles. The smallest absolute Gasteiger partial charge is 0.164 e. The molecule has 52 heavy (non-hydrogen) atoms. The Bertz CT molecular complexity index is 2800. The van der Waals surface area contributed by atoms with E-state index >= 15 is 0 Å². The zero-order chi connectivity index (χ0) is 34.8. The molecular formula is C48H34N4. The summed E-state index contributed by atoms with van der Waals surface area (Å²) in [5.41, 5.74) is 13.9. The first-order valence-corrected chi connectivity index (χ1v) is 17.8. The molecule has 0 unspecified atom stereocenters. The first-order valence-electron chi connectivity index (χ1n) is 17.8. The molecule has 7 aromatic carbocycles. The van der Waals surface area contributed by atoms with Gasteiger partial charge in [0.1, 0.15) is 0 Å². The van der Waals surface area contributed by atoms with Crippen LogP contribution in [0.1, 0.15) is 25.0 Å². The number of para-hydroxylation sites is 1. The van der Waals surface area contributed by atoms with Gasteiger partial charge in [0.05, 0.1) is 11.0 Å². The highest BCUT2D eigenvalue weighted by atomic mass is 15.0. The Morgan fingerprint density at radius 2 is 0.981 bits per heavy atom. The molecule has 0 fully saturated rings. The molecule has 4 heteroatoms. The average Bonchev–Trinajstić information content (AvgIpc) is 3.67. The molecule has 0 aliphatic heterocycles. The molecule has 0 amide bonds. The zero-order valence-electron chi connectivity index (χ0n) is 29.0. The maximum Gasteiger partial charge on any atom is 0.164 e. The summed E-state index contributed by atoms with van der Waals surface area (Å²) in [4.78, 5) is 15.2. The van der Waals surface area contributed by atoms with Gasteiger partial charge in [-0.2, -0.15) is 0 Å². The van der Waals surface area contributed by atoms with Crippen LogP contribution in [0.25, 0.3) is 83.9 Å². The zero-order valence-corrected chi connectivity index (χ0v) is 29.0. The van der Waals surface area contributed by atoms with Crippen molar-refractivity contribution in [3.8, 4) is 62.1 Å². The fraction of sp³-hybridized carbons (Fsp3) is 0.0625. The van der Waals surface area contributed by atoms with Crippen molar-refractivity contribution in [2.45, 2.75) is 19.3 Å². The van der Waals surface area contributed by atoms with E-state index in [2.05, 4.69) is 152 Å². The minimum atomic E-state index is -0.128. The van der Waals surface area contributed by atoms with Crippen molar-refractivity contribution in [1.29, 1.82) is 0 Å². The van der Waals surface area contributed by atoms with Gasteiger partial charge in [-0.3, -0.25) is 0 Å². The van der Waals surface area contributed by atoms with Gasteiger partial charge in [-0.1, -0.05) is 159 Å². The molecule has 9 aromatic rings. The lowest BCUT2D eigenvalue weighted by atomic mass is 9.80. The van der Waals surface area contributed by atoms with E-state index in [1.165, 1.54) is 49.6 Å².